The minimum atomic E-state index is -0.306. The van der Waals surface area contributed by atoms with Gasteiger partial charge in [-0.1, -0.05) is 12.1 Å². The van der Waals surface area contributed by atoms with Crippen molar-refractivity contribution < 1.29 is 4.79 Å². The van der Waals surface area contributed by atoms with Crippen molar-refractivity contribution in [3.8, 4) is 0 Å². The Morgan fingerprint density at radius 1 is 1.05 bits per heavy atom. The molecule has 20 heavy (non-hydrogen) atoms. The molecular weight excluding hydrogens is 252 g/mol. The largest absolute Gasteiger partial charge is 0.399 e. The number of aromatic nitrogens is 2. The smallest absolute Gasteiger partial charge is 0.276 e. The molecule has 3 rings (SSSR count). The number of hydrogen-bond donors (Lipinski definition) is 2. The highest BCUT2D eigenvalue weighted by molar-refractivity contribution is 6.11. The van der Waals surface area contributed by atoms with E-state index in [1.165, 1.54) is 0 Å². The first-order valence-electron chi connectivity index (χ1n) is 6.11. The van der Waals surface area contributed by atoms with Crippen molar-refractivity contribution in [1.82, 2.24) is 9.97 Å². The van der Waals surface area contributed by atoms with Crippen LogP contribution in [0.2, 0.25) is 0 Å². The van der Waals surface area contributed by atoms with Gasteiger partial charge in [0.15, 0.2) is 0 Å². The number of nitrogens with one attached hydrogen (secondary N) is 1. The van der Waals surface area contributed by atoms with Crippen molar-refractivity contribution in [2.45, 2.75) is 0 Å². The minimum Gasteiger partial charge on any atom is -0.399 e. The predicted molar refractivity (Wildman–Crippen MR) is 78.3 cm³/mol. The van der Waals surface area contributed by atoms with Gasteiger partial charge in [-0.25, -0.2) is 4.98 Å². The zero-order valence-corrected chi connectivity index (χ0v) is 10.6. The van der Waals surface area contributed by atoms with Crippen LogP contribution >= 0.6 is 0 Å². The van der Waals surface area contributed by atoms with Gasteiger partial charge in [-0.05, 0) is 35.7 Å². The van der Waals surface area contributed by atoms with E-state index < -0.39 is 0 Å². The van der Waals surface area contributed by atoms with E-state index in [-0.39, 0.29) is 5.91 Å². The Labute approximate surface area is 115 Å². The zero-order valence-electron chi connectivity index (χ0n) is 10.6. The van der Waals surface area contributed by atoms with E-state index >= 15 is 0 Å². The van der Waals surface area contributed by atoms with Gasteiger partial charge >= 0.3 is 0 Å². The van der Waals surface area contributed by atoms with Gasteiger partial charge in [-0.2, -0.15) is 0 Å². The summed E-state index contributed by atoms with van der Waals surface area (Å²) >= 11 is 0. The molecule has 3 N–H and O–H groups in total. The van der Waals surface area contributed by atoms with E-state index in [0.29, 0.717) is 17.2 Å². The lowest BCUT2D eigenvalue weighted by Gasteiger charge is -2.07. The minimum absolute atomic E-state index is 0.306. The van der Waals surface area contributed by atoms with Crippen molar-refractivity contribution in [3.05, 3.63) is 60.6 Å². The Morgan fingerprint density at radius 3 is 2.75 bits per heavy atom. The van der Waals surface area contributed by atoms with Gasteiger partial charge in [-0.3, -0.25) is 9.78 Å². The first-order valence-corrected chi connectivity index (χ1v) is 6.11. The van der Waals surface area contributed by atoms with Crippen LogP contribution in [0.25, 0.3) is 10.8 Å². The molecule has 1 aromatic carbocycles. The summed E-state index contributed by atoms with van der Waals surface area (Å²) in [5, 5.41) is 4.36. The van der Waals surface area contributed by atoms with E-state index in [0.717, 1.165) is 10.8 Å². The molecule has 98 valence electrons. The fourth-order valence-corrected chi connectivity index (χ4v) is 1.98. The fraction of sp³-hybridized carbons (Fsp3) is 0. The van der Waals surface area contributed by atoms with Gasteiger partial charge < -0.3 is 11.1 Å². The number of benzene rings is 1. The number of anilines is 2. The molecule has 5 heteroatoms. The molecule has 2 heterocycles. The van der Waals surface area contributed by atoms with E-state index in [9.17, 15) is 4.79 Å². The predicted octanol–water partition coefficient (Wildman–Crippen LogP) is 2.46. The van der Waals surface area contributed by atoms with E-state index in [2.05, 4.69) is 15.3 Å². The van der Waals surface area contributed by atoms with Crippen molar-refractivity contribution in [3.63, 3.8) is 0 Å². The van der Waals surface area contributed by atoms with Crippen LogP contribution in [-0.4, -0.2) is 15.9 Å². The number of rotatable bonds is 2. The van der Waals surface area contributed by atoms with Gasteiger partial charge in [0.2, 0.25) is 0 Å². The summed E-state index contributed by atoms with van der Waals surface area (Å²) in [6.07, 6.45) is 3.22. The summed E-state index contributed by atoms with van der Waals surface area (Å²) in [7, 11) is 0. The second-order valence-electron chi connectivity index (χ2n) is 4.31. The Morgan fingerprint density at radius 2 is 1.95 bits per heavy atom. The Bertz CT molecular complexity index is 771. The maximum absolute atomic E-state index is 12.3. The maximum Gasteiger partial charge on any atom is 0.276 e. The molecule has 3 aromatic rings. The average molecular weight is 264 g/mol. The van der Waals surface area contributed by atoms with E-state index in [1.807, 2.05) is 12.1 Å². The van der Waals surface area contributed by atoms with Crippen LogP contribution in [0, 0.1) is 0 Å². The Hall–Kier alpha value is -2.95. The number of carbonyl (C=O) groups is 1. The SMILES string of the molecule is Nc1ccc2ccnc(C(=O)Nc3ccccn3)c2c1. The lowest BCUT2D eigenvalue weighted by Crippen LogP contribution is -2.15. The molecular formula is C15H12N4O. The van der Waals surface area contributed by atoms with Gasteiger partial charge in [0.25, 0.3) is 5.91 Å². The summed E-state index contributed by atoms with van der Waals surface area (Å²) in [5.74, 6) is 0.181. The number of nitrogens with two attached hydrogens (primary N) is 1. The topological polar surface area (TPSA) is 80.9 Å². The van der Waals surface area contributed by atoms with Crippen LogP contribution < -0.4 is 11.1 Å². The maximum atomic E-state index is 12.3. The first kappa shape index (κ1) is 12.1. The lowest BCUT2D eigenvalue weighted by atomic mass is 10.1. The zero-order chi connectivity index (χ0) is 13.9. The summed E-state index contributed by atoms with van der Waals surface area (Å²) in [6, 6.07) is 12.6. The number of fused-ring (bicyclic) bond motifs is 1. The van der Waals surface area contributed by atoms with Crippen LogP contribution in [0.3, 0.4) is 0 Å². The quantitative estimate of drug-likeness (QED) is 0.697. The van der Waals surface area contributed by atoms with E-state index in [1.54, 1.807) is 42.7 Å². The second kappa shape index (κ2) is 4.97. The van der Waals surface area contributed by atoms with Crippen molar-refractivity contribution in [2.75, 3.05) is 11.1 Å². The van der Waals surface area contributed by atoms with E-state index in [4.69, 9.17) is 5.73 Å². The fourth-order valence-electron chi connectivity index (χ4n) is 1.98. The number of carbonyl (C=O) groups excluding carboxylic acids is 1. The molecule has 0 aliphatic carbocycles. The molecule has 0 atom stereocenters. The molecule has 0 saturated carbocycles. The van der Waals surface area contributed by atoms with Crippen molar-refractivity contribution in [2.24, 2.45) is 0 Å². The summed E-state index contributed by atoms with van der Waals surface area (Å²) < 4.78 is 0. The summed E-state index contributed by atoms with van der Waals surface area (Å²) in [4.78, 5) is 20.5. The first-order chi connectivity index (χ1) is 9.74. The Kier molecular flexibility index (Phi) is 3.01. The summed E-state index contributed by atoms with van der Waals surface area (Å²) in [5.41, 5.74) is 6.70. The monoisotopic (exact) mass is 264 g/mol. The molecule has 0 saturated heterocycles. The van der Waals surface area contributed by atoms with Crippen LogP contribution in [0.15, 0.2) is 54.9 Å². The van der Waals surface area contributed by atoms with Crippen LogP contribution in [-0.2, 0) is 0 Å². The highest BCUT2D eigenvalue weighted by Gasteiger charge is 2.12. The Balaban J connectivity index is 2.01. The average Bonchev–Trinajstić information content (AvgIpc) is 2.47. The standard InChI is InChI=1S/C15H12N4O/c16-11-5-4-10-6-8-18-14(12(10)9-11)15(20)19-13-3-1-2-7-17-13/h1-9H,16H2,(H,17,19,20). The molecule has 2 aromatic heterocycles. The van der Waals surface area contributed by atoms with Gasteiger partial charge in [0, 0.05) is 23.5 Å². The molecule has 1 amide bonds. The molecule has 0 aliphatic rings. The molecule has 0 spiro atoms. The third kappa shape index (κ3) is 2.29. The van der Waals surface area contributed by atoms with Crippen molar-refractivity contribution in [1.29, 1.82) is 0 Å². The number of nitrogen functional groups attached to an aromatic ring is 1. The van der Waals surface area contributed by atoms with Gasteiger partial charge in [0.05, 0.1) is 0 Å². The number of nitrogens with zero attached hydrogens (tertiary/aromatic N) is 2. The highest BCUT2D eigenvalue weighted by Crippen LogP contribution is 2.20. The van der Waals surface area contributed by atoms with Crippen LogP contribution in [0.1, 0.15) is 10.5 Å². The highest BCUT2D eigenvalue weighted by atomic mass is 16.1. The molecule has 0 fully saturated rings. The van der Waals surface area contributed by atoms with Crippen LogP contribution in [0.4, 0.5) is 11.5 Å². The molecule has 0 aliphatic heterocycles. The number of hydrogen-bond acceptors (Lipinski definition) is 4. The van der Waals surface area contributed by atoms with Gasteiger partial charge in [0.1, 0.15) is 11.5 Å². The molecule has 0 bridgehead atoms. The number of amides is 1. The normalized spacial score (nSPS) is 10.4. The second-order valence-corrected chi connectivity index (χ2v) is 4.31. The number of pyridine rings is 2. The van der Waals surface area contributed by atoms with Gasteiger partial charge in [-0.15, -0.1) is 0 Å². The third-order valence-electron chi connectivity index (χ3n) is 2.91. The van der Waals surface area contributed by atoms with Crippen LogP contribution in [0.5, 0.6) is 0 Å². The molecule has 5 nitrogen and oxygen atoms in total. The van der Waals surface area contributed by atoms with Crippen molar-refractivity contribution >= 4 is 28.2 Å². The molecule has 0 unspecified atom stereocenters. The third-order valence-corrected chi connectivity index (χ3v) is 2.91. The molecule has 0 radical (unpaired) electrons. The lowest BCUT2D eigenvalue weighted by molar-refractivity contribution is 0.102. The summed E-state index contributed by atoms with van der Waals surface area (Å²) in [6.45, 7) is 0.